The second kappa shape index (κ2) is 8.44. The minimum Gasteiger partial charge on any atom is -0.325 e. The summed E-state index contributed by atoms with van der Waals surface area (Å²) in [6.45, 7) is 0. The van der Waals surface area contributed by atoms with Gasteiger partial charge in [-0.2, -0.15) is 24.5 Å². The van der Waals surface area contributed by atoms with Crippen molar-refractivity contribution >= 4 is 34.5 Å². The van der Waals surface area contributed by atoms with E-state index in [9.17, 15) is 27.2 Å². The smallest absolute Gasteiger partial charge is 0.325 e. The first kappa shape index (κ1) is 20.5. The molecule has 4 nitrogen and oxygen atoms in total. The van der Waals surface area contributed by atoms with Gasteiger partial charge in [-0.05, 0) is 52.7 Å². The minimum atomic E-state index is -4.77. The third-order valence-electron chi connectivity index (χ3n) is 3.92. The van der Waals surface area contributed by atoms with E-state index in [0.717, 1.165) is 12.1 Å². The Balaban J connectivity index is 1.81. The third-order valence-corrected chi connectivity index (χ3v) is 4.65. The Morgan fingerprint density at radius 3 is 2.41 bits per heavy atom. The van der Waals surface area contributed by atoms with Crippen LogP contribution in [-0.2, 0) is 17.4 Å². The Labute approximate surface area is 167 Å². The van der Waals surface area contributed by atoms with Crippen LogP contribution in [0.2, 0.25) is 0 Å². The first-order chi connectivity index (χ1) is 13.7. The Morgan fingerprint density at radius 2 is 1.76 bits per heavy atom. The van der Waals surface area contributed by atoms with Crippen molar-refractivity contribution < 1.29 is 27.2 Å². The molecule has 29 heavy (non-hydrogen) atoms. The van der Waals surface area contributed by atoms with Gasteiger partial charge in [0.25, 0.3) is 5.91 Å². The first-order valence-corrected chi connectivity index (χ1v) is 9.26. The van der Waals surface area contributed by atoms with E-state index in [1.165, 1.54) is 35.6 Å². The highest BCUT2D eigenvalue weighted by atomic mass is 32.1. The van der Waals surface area contributed by atoms with E-state index in [1.54, 1.807) is 16.8 Å². The van der Waals surface area contributed by atoms with Crippen molar-refractivity contribution in [3.63, 3.8) is 0 Å². The monoisotopic (exact) mass is 422 g/mol. The molecule has 0 aliphatic rings. The fourth-order valence-corrected chi connectivity index (χ4v) is 3.25. The van der Waals surface area contributed by atoms with Crippen molar-refractivity contribution in [1.29, 1.82) is 0 Å². The number of amides is 2. The molecule has 0 unspecified atom stereocenters. The van der Waals surface area contributed by atoms with Gasteiger partial charge < -0.3 is 10.6 Å². The fourth-order valence-electron chi connectivity index (χ4n) is 2.58. The quantitative estimate of drug-likeness (QED) is 0.546. The Hall–Kier alpha value is -3.20. The summed E-state index contributed by atoms with van der Waals surface area (Å²) < 4.78 is 54.1. The summed E-state index contributed by atoms with van der Waals surface area (Å²) >= 11 is 1.38. The summed E-state index contributed by atoms with van der Waals surface area (Å²) in [5.74, 6) is -2.28. The van der Waals surface area contributed by atoms with Gasteiger partial charge in [-0.15, -0.1) is 0 Å². The van der Waals surface area contributed by atoms with E-state index in [4.69, 9.17) is 0 Å². The zero-order valence-corrected chi connectivity index (χ0v) is 15.5. The van der Waals surface area contributed by atoms with Crippen LogP contribution in [0.3, 0.4) is 0 Å². The molecule has 150 valence electrons. The van der Waals surface area contributed by atoms with Gasteiger partial charge >= 0.3 is 6.18 Å². The summed E-state index contributed by atoms with van der Waals surface area (Å²) in [5.41, 5.74) is -1.34. The molecule has 3 aromatic rings. The van der Waals surface area contributed by atoms with Crippen molar-refractivity contribution in [1.82, 2.24) is 0 Å². The van der Waals surface area contributed by atoms with Crippen LogP contribution in [0.4, 0.5) is 28.9 Å². The predicted molar refractivity (Wildman–Crippen MR) is 102 cm³/mol. The van der Waals surface area contributed by atoms with Crippen molar-refractivity contribution in [3.8, 4) is 0 Å². The van der Waals surface area contributed by atoms with Crippen molar-refractivity contribution in [3.05, 3.63) is 81.8 Å². The van der Waals surface area contributed by atoms with Crippen molar-refractivity contribution in [2.75, 3.05) is 10.6 Å². The molecule has 2 aromatic carbocycles. The number of alkyl halides is 3. The number of hydrogen-bond donors (Lipinski definition) is 2. The number of benzene rings is 2. The molecule has 2 N–H and O–H groups in total. The maximum atomic E-state index is 13.7. The molecule has 0 aliphatic carbocycles. The lowest BCUT2D eigenvalue weighted by Crippen LogP contribution is -2.19. The first-order valence-electron chi connectivity index (χ1n) is 8.32. The van der Waals surface area contributed by atoms with Crippen LogP contribution >= 0.6 is 11.3 Å². The molecule has 0 atom stereocenters. The number of nitrogens with one attached hydrogen (secondary N) is 2. The highest BCUT2D eigenvalue weighted by Gasteiger charge is 2.34. The van der Waals surface area contributed by atoms with E-state index in [-0.39, 0.29) is 17.7 Å². The summed E-state index contributed by atoms with van der Waals surface area (Å²) in [6.07, 6.45) is -4.84. The minimum absolute atomic E-state index is 0.0629. The fraction of sp³-hybridized carbons (Fsp3) is 0.100. The molecule has 0 aliphatic heterocycles. The molecule has 2 amide bonds. The van der Waals surface area contributed by atoms with Crippen LogP contribution in [0.1, 0.15) is 21.5 Å². The largest absolute Gasteiger partial charge is 0.418 e. The highest BCUT2D eigenvalue weighted by Crippen LogP contribution is 2.36. The zero-order valence-electron chi connectivity index (χ0n) is 14.7. The summed E-state index contributed by atoms with van der Waals surface area (Å²) in [7, 11) is 0. The number of thiophene rings is 1. The molecule has 9 heteroatoms. The van der Waals surface area contributed by atoms with Gasteiger partial charge in [0, 0.05) is 5.69 Å². The van der Waals surface area contributed by atoms with Crippen molar-refractivity contribution in [2.45, 2.75) is 12.6 Å². The lowest BCUT2D eigenvalue weighted by atomic mass is 10.1. The summed E-state index contributed by atoms with van der Waals surface area (Å²) in [6, 6.07) is 9.76. The summed E-state index contributed by atoms with van der Waals surface area (Å²) in [5, 5.41) is 7.98. The van der Waals surface area contributed by atoms with Gasteiger partial charge in [-0.3, -0.25) is 9.59 Å². The topological polar surface area (TPSA) is 58.2 Å². The summed E-state index contributed by atoms with van der Waals surface area (Å²) in [4.78, 5) is 24.2. The van der Waals surface area contributed by atoms with E-state index in [0.29, 0.717) is 11.6 Å². The molecule has 0 fully saturated rings. The van der Waals surface area contributed by atoms with E-state index < -0.39 is 35.1 Å². The molecule has 3 rings (SSSR count). The maximum absolute atomic E-state index is 13.7. The number of anilines is 2. The Bertz CT molecular complexity index is 1030. The molecule has 0 radical (unpaired) electrons. The van der Waals surface area contributed by atoms with Crippen LogP contribution in [0.15, 0.2) is 59.3 Å². The molecule has 0 spiro atoms. The van der Waals surface area contributed by atoms with Gasteiger partial charge in [-0.1, -0.05) is 12.1 Å². The number of hydrogen-bond acceptors (Lipinski definition) is 3. The molecule has 1 aromatic heterocycles. The number of halogens is 4. The number of carbonyl (C=O) groups is 2. The molecule has 0 saturated heterocycles. The normalized spacial score (nSPS) is 11.2. The predicted octanol–water partition coefficient (Wildman–Crippen LogP) is 5.34. The molecular weight excluding hydrogens is 408 g/mol. The number of rotatable bonds is 5. The van der Waals surface area contributed by atoms with Gasteiger partial charge in [0.1, 0.15) is 5.82 Å². The standard InChI is InChI=1S/C20H14F4N2O2S/c21-16-4-2-1-3-14(16)19(28)25-13-5-6-17(15(10-13)20(22,23)24)26-18(27)9-12-7-8-29-11-12/h1-8,10-11H,9H2,(H,25,28)(H,26,27). The number of carbonyl (C=O) groups excluding carboxylic acids is 2. The van der Waals surface area contributed by atoms with Gasteiger partial charge in [0.2, 0.25) is 5.91 Å². The molecular formula is C20H14F4N2O2S. The average molecular weight is 422 g/mol. The average Bonchev–Trinajstić information content (AvgIpc) is 3.15. The van der Waals surface area contributed by atoms with Crippen LogP contribution < -0.4 is 10.6 Å². The van der Waals surface area contributed by atoms with Crippen molar-refractivity contribution in [2.24, 2.45) is 0 Å². The SMILES string of the molecule is O=C(Cc1ccsc1)Nc1ccc(NC(=O)c2ccccc2F)cc1C(F)(F)F. The third kappa shape index (κ3) is 5.20. The van der Waals surface area contributed by atoms with Gasteiger partial charge in [-0.25, -0.2) is 4.39 Å². The lowest BCUT2D eigenvalue weighted by Gasteiger charge is -2.16. The zero-order chi connectivity index (χ0) is 21.0. The van der Waals surface area contributed by atoms with E-state index in [2.05, 4.69) is 10.6 Å². The van der Waals surface area contributed by atoms with E-state index in [1.807, 2.05) is 0 Å². The van der Waals surface area contributed by atoms with E-state index >= 15 is 0 Å². The second-order valence-electron chi connectivity index (χ2n) is 6.05. The second-order valence-corrected chi connectivity index (χ2v) is 6.83. The van der Waals surface area contributed by atoms with Crippen LogP contribution in [-0.4, -0.2) is 11.8 Å². The van der Waals surface area contributed by atoms with Crippen LogP contribution in [0, 0.1) is 5.82 Å². The molecule has 1 heterocycles. The van der Waals surface area contributed by atoms with Gasteiger partial charge in [0.15, 0.2) is 0 Å². The van der Waals surface area contributed by atoms with Crippen LogP contribution in [0.25, 0.3) is 0 Å². The Kier molecular flexibility index (Phi) is 5.97. The van der Waals surface area contributed by atoms with Gasteiger partial charge in [0.05, 0.1) is 23.2 Å². The Morgan fingerprint density at radius 1 is 1.00 bits per heavy atom. The van der Waals surface area contributed by atoms with Crippen LogP contribution in [0.5, 0.6) is 0 Å². The molecule has 0 saturated carbocycles. The maximum Gasteiger partial charge on any atom is 0.418 e. The lowest BCUT2D eigenvalue weighted by molar-refractivity contribution is -0.136. The molecule has 0 bridgehead atoms. The highest BCUT2D eigenvalue weighted by molar-refractivity contribution is 7.08.